The Balaban J connectivity index is 1.92. The first kappa shape index (κ1) is 19.3. The number of benzene rings is 1. The molecule has 1 aliphatic carbocycles. The molecule has 0 spiro atoms. The van der Waals surface area contributed by atoms with Gasteiger partial charge in [-0.25, -0.2) is 0 Å². The van der Waals surface area contributed by atoms with Crippen molar-refractivity contribution in [3.8, 4) is 0 Å². The van der Waals surface area contributed by atoms with Crippen LogP contribution in [-0.2, 0) is 0 Å². The minimum absolute atomic E-state index is 0.932. The topological polar surface area (TPSA) is 12.0 Å². The zero-order chi connectivity index (χ0) is 18.6. The van der Waals surface area contributed by atoms with Gasteiger partial charge in [-0.2, -0.15) is 0 Å². The lowest BCUT2D eigenvalue weighted by Gasteiger charge is -2.09. The third kappa shape index (κ3) is 6.45. The van der Waals surface area contributed by atoms with Crippen molar-refractivity contribution in [2.45, 2.75) is 19.8 Å². The molecule has 0 aliphatic heterocycles. The highest BCUT2D eigenvalue weighted by atomic mass is 14.8. The summed E-state index contributed by atoms with van der Waals surface area (Å²) in [4.78, 5) is 0. The van der Waals surface area contributed by atoms with Crippen LogP contribution in [0.25, 0.3) is 0 Å². The monoisotopic (exact) mass is 341 g/mol. The Bertz CT molecular complexity index is 796. The predicted octanol–water partition coefficient (Wildman–Crippen LogP) is 7.06. The van der Waals surface area contributed by atoms with Gasteiger partial charge in [0.15, 0.2) is 0 Å². The molecule has 1 heteroatoms. The average molecular weight is 341 g/mol. The highest BCUT2D eigenvalue weighted by Crippen LogP contribution is 2.21. The molecule has 0 radical (unpaired) electrons. The molecule has 0 amide bonds. The number of allylic oxidation sites excluding steroid dienone is 13. The van der Waals surface area contributed by atoms with Crippen LogP contribution in [0.3, 0.4) is 0 Å². The summed E-state index contributed by atoms with van der Waals surface area (Å²) in [6.07, 6.45) is 22.4. The Morgan fingerprint density at radius 1 is 1.12 bits per heavy atom. The fourth-order valence-corrected chi connectivity index (χ4v) is 2.53. The molecule has 132 valence electrons. The minimum atomic E-state index is 0.932. The van der Waals surface area contributed by atoms with Crippen LogP contribution >= 0.6 is 0 Å². The fraction of sp³-hybridized carbons (Fsp3) is 0.120. The van der Waals surface area contributed by atoms with E-state index in [2.05, 4.69) is 61.9 Å². The van der Waals surface area contributed by atoms with E-state index in [1.165, 1.54) is 11.1 Å². The summed E-state index contributed by atoms with van der Waals surface area (Å²) >= 11 is 0. The van der Waals surface area contributed by atoms with Crippen LogP contribution in [0, 0.1) is 0 Å². The van der Waals surface area contributed by atoms with Crippen molar-refractivity contribution in [2.24, 2.45) is 0 Å². The third-order valence-electron chi connectivity index (χ3n) is 4.11. The molecule has 1 N–H and O–H groups in total. The Hall–Kier alpha value is -3.06. The van der Waals surface area contributed by atoms with Crippen molar-refractivity contribution in [1.29, 1.82) is 0 Å². The van der Waals surface area contributed by atoms with E-state index in [4.69, 9.17) is 0 Å². The third-order valence-corrected chi connectivity index (χ3v) is 4.11. The highest BCUT2D eigenvalue weighted by molar-refractivity contribution is 5.49. The predicted molar refractivity (Wildman–Crippen MR) is 116 cm³/mol. The number of nitrogens with one attached hydrogen (secondary N) is 1. The van der Waals surface area contributed by atoms with E-state index in [0.29, 0.717) is 0 Å². The number of para-hydroxylation sites is 1. The lowest BCUT2D eigenvalue weighted by atomic mass is 9.97. The van der Waals surface area contributed by atoms with E-state index in [1.807, 2.05) is 54.8 Å². The number of anilines is 1. The van der Waals surface area contributed by atoms with Crippen LogP contribution in [0.4, 0.5) is 5.69 Å². The van der Waals surface area contributed by atoms with E-state index in [0.717, 1.165) is 29.7 Å². The lowest BCUT2D eigenvalue weighted by Crippen LogP contribution is -1.92. The second-order valence-electron chi connectivity index (χ2n) is 6.03. The quantitative estimate of drug-likeness (QED) is 0.449. The van der Waals surface area contributed by atoms with Gasteiger partial charge >= 0.3 is 0 Å². The largest absolute Gasteiger partial charge is 0.362 e. The molecule has 0 fully saturated rings. The molecule has 26 heavy (non-hydrogen) atoms. The molecular weight excluding hydrogens is 314 g/mol. The van der Waals surface area contributed by atoms with Gasteiger partial charge in [0.1, 0.15) is 0 Å². The van der Waals surface area contributed by atoms with Crippen LogP contribution in [-0.4, -0.2) is 0 Å². The van der Waals surface area contributed by atoms with Crippen molar-refractivity contribution >= 4 is 5.69 Å². The van der Waals surface area contributed by atoms with E-state index < -0.39 is 0 Å². The van der Waals surface area contributed by atoms with Gasteiger partial charge in [0.25, 0.3) is 0 Å². The first-order valence-electron chi connectivity index (χ1n) is 8.93. The van der Waals surface area contributed by atoms with Gasteiger partial charge in [-0.15, -0.1) is 0 Å². The summed E-state index contributed by atoms with van der Waals surface area (Å²) in [5.41, 5.74) is 5.90. The van der Waals surface area contributed by atoms with Gasteiger partial charge in [-0.3, -0.25) is 0 Å². The summed E-state index contributed by atoms with van der Waals surface area (Å²) in [7, 11) is 0. The van der Waals surface area contributed by atoms with Crippen molar-refractivity contribution in [2.75, 3.05) is 5.32 Å². The maximum Gasteiger partial charge on any atom is 0.0379 e. The second kappa shape index (κ2) is 10.7. The maximum atomic E-state index is 4.16. The molecule has 1 aliphatic rings. The second-order valence-corrected chi connectivity index (χ2v) is 6.03. The zero-order valence-corrected chi connectivity index (χ0v) is 15.5. The van der Waals surface area contributed by atoms with Crippen molar-refractivity contribution in [3.05, 3.63) is 127 Å². The number of rotatable bonds is 10. The summed E-state index contributed by atoms with van der Waals surface area (Å²) < 4.78 is 0. The minimum Gasteiger partial charge on any atom is -0.362 e. The van der Waals surface area contributed by atoms with Crippen molar-refractivity contribution in [1.82, 2.24) is 0 Å². The molecule has 0 unspecified atom stereocenters. The van der Waals surface area contributed by atoms with Crippen LogP contribution in [0.15, 0.2) is 127 Å². The molecule has 0 aromatic heterocycles. The number of hydrogen-bond donors (Lipinski definition) is 1. The van der Waals surface area contributed by atoms with Gasteiger partial charge < -0.3 is 5.32 Å². The molecule has 1 aromatic carbocycles. The highest BCUT2D eigenvalue weighted by Gasteiger charge is 2.02. The van der Waals surface area contributed by atoms with Gasteiger partial charge in [0.2, 0.25) is 0 Å². The van der Waals surface area contributed by atoms with Gasteiger partial charge in [0, 0.05) is 11.9 Å². The van der Waals surface area contributed by atoms with E-state index in [-0.39, 0.29) is 0 Å². The van der Waals surface area contributed by atoms with E-state index in [9.17, 15) is 0 Å². The molecular formula is C25H27N. The van der Waals surface area contributed by atoms with Crippen LogP contribution in [0.1, 0.15) is 19.8 Å². The molecule has 0 saturated heterocycles. The standard InChI is InChI=1S/C25H27N/c1-4-10-24(19-20-26-25-13-7-6-8-14-25)23(5-2)18-16-21(3)15-17-22-11-9-12-22/h4-15,17,19-20,26H,1,3,16,18H2,2H3/b17-15+,20-19-,23-5+,24-10+. The summed E-state index contributed by atoms with van der Waals surface area (Å²) in [6.45, 7) is 10.1. The van der Waals surface area contributed by atoms with Gasteiger partial charge in [0.05, 0.1) is 0 Å². The molecule has 0 atom stereocenters. The van der Waals surface area contributed by atoms with E-state index >= 15 is 0 Å². The maximum absolute atomic E-state index is 4.16. The van der Waals surface area contributed by atoms with Crippen LogP contribution in [0.5, 0.6) is 0 Å². The summed E-state index contributed by atoms with van der Waals surface area (Å²) in [5, 5.41) is 3.30. The normalized spacial score (nSPS) is 14.4. The first-order valence-corrected chi connectivity index (χ1v) is 8.93. The molecule has 0 heterocycles. The summed E-state index contributed by atoms with van der Waals surface area (Å²) in [5.74, 6) is 0. The first-order chi connectivity index (χ1) is 12.7. The van der Waals surface area contributed by atoms with Crippen molar-refractivity contribution < 1.29 is 0 Å². The molecule has 0 saturated carbocycles. The Labute approximate surface area is 157 Å². The molecule has 1 aromatic rings. The fourth-order valence-electron chi connectivity index (χ4n) is 2.53. The lowest BCUT2D eigenvalue weighted by molar-refractivity contribution is 0.960. The molecule has 0 bridgehead atoms. The van der Waals surface area contributed by atoms with Crippen LogP contribution in [0.2, 0.25) is 0 Å². The Kier molecular flexibility index (Phi) is 7.95. The molecule has 2 rings (SSSR count). The van der Waals surface area contributed by atoms with E-state index in [1.54, 1.807) is 0 Å². The molecule has 1 nitrogen and oxygen atoms in total. The Morgan fingerprint density at radius 2 is 1.88 bits per heavy atom. The van der Waals surface area contributed by atoms with Gasteiger partial charge in [-0.1, -0.05) is 85.5 Å². The number of hydrogen-bond acceptors (Lipinski definition) is 1. The van der Waals surface area contributed by atoms with Gasteiger partial charge in [-0.05, 0) is 54.7 Å². The summed E-state index contributed by atoms with van der Waals surface area (Å²) in [6, 6.07) is 10.1. The average Bonchev–Trinajstić information content (AvgIpc) is 2.61. The van der Waals surface area contributed by atoms with Crippen molar-refractivity contribution in [3.63, 3.8) is 0 Å². The Morgan fingerprint density at radius 3 is 2.50 bits per heavy atom. The van der Waals surface area contributed by atoms with Crippen LogP contribution < -0.4 is 5.32 Å². The smallest absolute Gasteiger partial charge is 0.0379 e. The zero-order valence-electron chi connectivity index (χ0n) is 15.5. The SMILES string of the molecule is C=C/C=C(\C=C/Nc1ccccc1)C(=C/C)/CCC(=C)/C=C/C1=CC=C1.